The van der Waals surface area contributed by atoms with E-state index in [1.165, 1.54) is 11.3 Å². The van der Waals surface area contributed by atoms with Gasteiger partial charge in [-0.2, -0.15) is 0 Å². The number of benzene rings is 1. The first-order valence-electron chi connectivity index (χ1n) is 8.63. The van der Waals surface area contributed by atoms with Crippen molar-refractivity contribution in [3.63, 3.8) is 0 Å². The van der Waals surface area contributed by atoms with Crippen molar-refractivity contribution in [2.45, 2.75) is 31.8 Å². The quantitative estimate of drug-likeness (QED) is 0.752. The highest BCUT2D eigenvalue weighted by Gasteiger charge is 2.22. The largest absolute Gasteiger partial charge is 0.354 e. The molecule has 1 aromatic carbocycles. The molecule has 6 nitrogen and oxygen atoms in total. The fourth-order valence-electron chi connectivity index (χ4n) is 2.77. The molecule has 2 heterocycles. The van der Waals surface area contributed by atoms with E-state index in [1.807, 2.05) is 11.4 Å². The zero-order chi connectivity index (χ0) is 18.4. The summed E-state index contributed by atoms with van der Waals surface area (Å²) in [6.45, 7) is 1.06. The number of carbonyl (C=O) groups is 3. The van der Waals surface area contributed by atoms with Crippen molar-refractivity contribution in [1.82, 2.24) is 16.0 Å². The molecule has 1 fully saturated rings. The number of carbonyl (C=O) groups excluding carboxylic acids is 3. The van der Waals surface area contributed by atoms with Crippen LogP contribution in [0.5, 0.6) is 0 Å². The van der Waals surface area contributed by atoms with Crippen LogP contribution in [0.1, 0.15) is 44.9 Å². The first-order valence-corrected chi connectivity index (χ1v) is 9.50. The third-order valence-corrected chi connectivity index (χ3v) is 5.12. The highest BCUT2D eigenvalue weighted by atomic mass is 32.1. The summed E-state index contributed by atoms with van der Waals surface area (Å²) in [6, 6.07) is 10.1. The molecule has 1 atom stereocenters. The lowest BCUT2D eigenvalue weighted by Gasteiger charge is -2.15. The molecular formula is C19H21N3O3S. The van der Waals surface area contributed by atoms with Gasteiger partial charge in [-0.3, -0.25) is 14.4 Å². The van der Waals surface area contributed by atoms with Crippen LogP contribution < -0.4 is 16.0 Å². The lowest BCUT2D eigenvalue weighted by molar-refractivity contribution is -0.122. The van der Waals surface area contributed by atoms with Crippen molar-refractivity contribution in [2.24, 2.45) is 0 Å². The topological polar surface area (TPSA) is 87.3 Å². The third-order valence-electron chi connectivity index (χ3n) is 4.25. The second kappa shape index (κ2) is 8.62. The van der Waals surface area contributed by atoms with Crippen LogP contribution in [0.3, 0.4) is 0 Å². The molecule has 0 spiro atoms. The lowest BCUT2D eigenvalue weighted by Crippen LogP contribution is -2.45. The van der Waals surface area contributed by atoms with E-state index in [4.69, 9.17) is 0 Å². The second-order valence-corrected chi connectivity index (χ2v) is 7.12. The Labute approximate surface area is 156 Å². The number of hydrogen-bond acceptors (Lipinski definition) is 4. The van der Waals surface area contributed by atoms with Crippen molar-refractivity contribution < 1.29 is 14.4 Å². The molecule has 7 heteroatoms. The molecule has 3 N–H and O–H groups in total. The van der Waals surface area contributed by atoms with Gasteiger partial charge < -0.3 is 16.0 Å². The smallest absolute Gasteiger partial charge is 0.261 e. The van der Waals surface area contributed by atoms with Crippen LogP contribution in [0.2, 0.25) is 0 Å². The Morgan fingerprint density at radius 3 is 2.65 bits per heavy atom. The van der Waals surface area contributed by atoms with Gasteiger partial charge in [0, 0.05) is 18.7 Å². The molecule has 1 saturated heterocycles. The molecule has 1 aromatic heterocycles. The summed E-state index contributed by atoms with van der Waals surface area (Å²) in [4.78, 5) is 36.9. The van der Waals surface area contributed by atoms with E-state index in [9.17, 15) is 14.4 Å². The van der Waals surface area contributed by atoms with Crippen molar-refractivity contribution in [3.8, 4) is 0 Å². The predicted octanol–water partition coefficient (Wildman–Crippen LogP) is 2.08. The standard InChI is InChI=1S/C19H21N3O3S/c23-17(22-15-4-1-2-10-20-18(15)24)14-8-6-13(7-9-14)12-21-19(25)16-5-3-11-26-16/h3,5-9,11,15H,1-2,4,10,12H2,(H,20,24)(H,21,25)(H,22,23)/t15-/m1/s1. The summed E-state index contributed by atoms with van der Waals surface area (Å²) in [5.41, 5.74) is 1.40. The highest BCUT2D eigenvalue weighted by Crippen LogP contribution is 2.10. The normalized spacial score (nSPS) is 17.1. The van der Waals surface area contributed by atoms with Gasteiger partial charge in [-0.15, -0.1) is 11.3 Å². The first-order chi connectivity index (χ1) is 12.6. The minimum atomic E-state index is -0.477. The van der Waals surface area contributed by atoms with Crippen molar-refractivity contribution in [2.75, 3.05) is 6.54 Å². The van der Waals surface area contributed by atoms with Crippen molar-refractivity contribution in [3.05, 3.63) is 57.8 Å². The van der Waals surface area contributed by atoms with Crippen LogP contribution in [0.25, 0.3) is 0 Å². The number of amides is 3. The molecule has 1 aliphatic heterocycles. The minimum absolute atomic E-state index is 0.110. The van der Waals surface area contributed by atoms with E-state index >= 15 is 0 Å². The van der Waals surface area contributed by atoms with Gasteiger partial charge >= 0.3 is 0 Å². The average Bonchev–Trinajstić information content (AvgIpc) is 3.12. The van der Waals surface area contributed by atoms with Gasteiger partial charge in [-0.05, 0) is 48.4 Å². The maximum atomic E-state index is 12.3. The predicted molar refractivity (Wildman–Crippen MR) is 100 cm³/mol. The molecule has 0 radical (unpaired) electrons. The zero-order valence-electron chi connectivity index (χ0n) is 14.3. The van der Waals surface area contributed by atoms with Crippen LogP contribution >= 0.6 is 11.3 Å². The van der Waals surface area contributed by atoms with E-state index in [1.54, 1.807) is 30.3 Å². The molecule has 3 rings (SSSR count). The van der Waals surface area contributed by atoms with Crippen LogP contribution in [0.4, 0.5) is 0 Å². The van der Waals surface area contributed by atoms with Crippen LogP contribution in [0.15, 0.2) is 41.8 Å². The fraction of sp³-hybridized carbons (Fsp3) is 0.316. The molecule has 3 amide bonds. The Morgan fingerprint density at radius 1 is 1.12 bits per heavy atom. The summed E-state index contributed by atoms with van der Waals surface area (Å²) in [5, 5.41) is 10.3. The SMILES string of the molecule is O=C(N[C@@H]1CCCCNC1=O)c1ccc(CNC(=O)c2cccs2)cc1. The van der Waals surface area contributed by atoms with Gasteiger partial charge in [0.2, 0.25) is 5.91 Å². The molecular weight excluding hydrogens is 350 g/mol. The zero-order valence-corrected chi connectivity index (χ0v) is 15.1. The molecule has 1 aliphatic rings. The maximum absolute atomic E-state index is 12.3. The molecule has 136 valence electrons. The van der Waals surface area contributed by atoms with E-state index in [0.717, 1.165) is 18.4 Å². The summed E-state index contributed by atoms with van der Waals surface area (Å²) in [6.07, 6.45) is 2.50. The summed E-state index contributed by atoms with van der Waals surface area (Å²) in [7, 11) is 0. The molecule has 0 bridgehead atoms. The van der Waals surface area contributed by atoms with E-state index in [-0.39, 0.29) is 17.7 Å². The van der Waals surface area contributed by atoms with Crippen LogP contribution in [-0.2, 0) is 11.3 Å². The Bertz CT molecular complexity index is 772. The Hall–Kier alpha value is -2.67. The van der Waals surface area contributed by atoms with Gasteiger partial charge in [0.05, 0.1) is 4.88 Å². The van der Waals surface area contributed by atoms with Gasteiger partial charge in [-0.1, -0.05) is 18.2 Å². The van der Waals surface area contributed by atoms with Gasteiger partial charge in [-0.25, -0.2) is 0 Å². The second-order valence-electron chi connectivity index (χ2n) is 6.17. The van der Waals surface area contributed by atoms with Crippen LogP contribution in [0, 0.1) is 0 Å². The fourth-order valence-corrected chi connectivity index (χ4v) is 3.41. The highest BCUT2D eigenvalue weighted by molar-refractivity contribution is 7.12. The van der Waals surface area contributed by atoms with Crippen molar-refractivity contribution >= 4 is 29.1 Å². The first kappa shape index (κ1) is 18.1. The van der Waals surface area contributed by atoms with Gasteiger partial charge in [0.25, 0.3) is 11.8 Å². The lowest BCUT2D eigenvalue weighted by atomic mass is 10.1. The monoisotopic (exact) mass is 371 g/mol. The van der Waals surface area contributed by atoms with Gasteiger partial charge in [0.15, 0.2) is 0 Å². The molecule has 0 saturated carbocycles. The number of nitrogens with one attached hydrogen (secondary N) is 3. The van der Waals surface area contributed by atoms with E-state index < -0.39 is 6.04 Å². The molecule has 0 aliphatic carbocycles. The van der Waals surface area contributed by atoms with Crippen molar-refractivity contribution in [1.29, 1.82) is 0 Å². The Morgan fingerprint density at radius 2 is 1.92 bits per heavy atom. The number of thiophene rings is 1. The van der Waals surface area contributed by atoms with Gasteiger partial charge in [0.1, 0.15) is 6.04 Å². The average molecular weight is 371 g/mol. The summed E-state index contributed by atoms with van der Waals surface area (Å²) < 4.78 is 0. The third kappa shape index (κ3) is 4.70. The molecule has 0 unspecified atom stereocenters. The Kier molecular flexibility index (Phi) is 6.01. The Balaban J connectivity index is 1.54. The number of hydrogen-bond donors (Lipinski definition) is 3. The molecule has 26 heavy (non-hydrogen) atoms. The molecule has 2 aromatic rings. The van der Waals surface area contributed by atoms with E-state index in [2.05, 4.69) is 16.0 Å². The van der Waals surface area contributed by atoms with Crippen LogP contribution in [-0.4, -0.2) is 30.3 Å². The summed E-state index contributed by atoms with van der Waals surface area (Å²) >= 11 is 1.39. The van der Waals surface area contributed by atoms with E-state index in [0.29, 0.717) is 30.0 Å². The maximum Gasteiger partial charge on any atom is 0.261 e. The summed E-state index contributed by atoms with van der Waals surface area (Å²) in [5.74, 6) is -0.494. The minimum Gasteiger partial charge on any atom is -0.354 e. The number of rotatable bonds is 5.